The Kier molecular flexibility index (Phi) is 4.10. The van der Waals surface area contributed by atoms with Crippen molar-refractivity contribution in [3.63, 3.8) is 0 Å². The van der Waals surface area contributed by atoms with Gasteiger partial charge in [-0.25, -0.2) is 4.79 Å². The van der Waals surface area contributed by atoms with Crippen molar-refractivity contribution in [3.05, 3.63) is 29.8 Å². The van der Waals surface area contributed by atoms with Gasteiger partial charge in [0.05, 0.1) is 7.11 Å². The zero-order valence-electron chi connectivity index (χ0n) is 11.5. The summed E-state index contributed by atoms with van der Waals surface area (Å²) in [5.74, 6) is 0.561. The maximum Gasteiger partial charge on any atom is 0.328 e. The van der Waals surface area contributed by atoms with E-state index < -0.39 is 11.5 Å². The highest BCUT2D eigenvalue weighted by Gasteiger charge is 2.39. The van der Waals surface area contributed by atoms with E-state index in [1.807, 2.05) is 31.2 Å². The first-order chi connectivity index (χ1) is 9.12. The highest BCUT2D eigenvalue weighted by Crippen LogP contribution is 2.32. The summed E-state index contributed by atoms with van der Waals surface area (Å²) in [6, 6.07) is 7.27. The lowest BCUT2D eigenvalue weighted by molar-refractivity contribution is -0.145. The fraction of sp³-hybridized carbons (Fsp3) is 0.533. The van der Waals surface area contributed by atoms with Gasteiger partial charge in [0.25, 0.3) is 0 Å². The SMILES string of the molecule is CCC(NCC1CC1)(C(=O)O)c1ccc(OC)cc1. The molecule has 0 bridgehead atoms. The zero-order valence-corrected chi connectivity index (χ0v) is 11.5. The van der Waals surface area contributed by atoms with E-state index >= 15 is 0 Å². The molecule has 1 atom stereocenters. The summed E-state index contributed by atoms with van der Waals surface area (Å²) in [4.78, 5) is 11.7. The Labute approximate surface area is 113 Å². The molecule has 2 rings (SSSR count). The zero-order chi connectivity index (χ0) is 13.9. The van der Waals surface area contributed by atoms with Crippen molar-refractivity contribution < 1.29 is 14.6 Å². The third-order valence-electron chi connectivity index (χ3n) is 3.87. The van der Waals surface area contributed by atoms with Crippen LogP contribution in [0.5, 0.6) is 5.75 Å². The maximum atomic E-state index is 11.7. The summed E-state index contributed by atoms with van der Waals surface area (Å²) in [6.07, 6.45) is 2.92. The monoisotopic (exact) mass is 263 g/mol. The van der Waals surface area contributed by atoms with Crippen LogP contribution < -0.4 is 10.1 Å². The van der Waals surface area contributed by atoms with Crippen molar-refractivity contribution in [1.82, 2.24) is 5.32 Å². The highest BCUT2D eigenvalue weighted by atomic mass is 16.5. The smallest absolute Gasteiger partial charge is 0.328 e. The van der Waals surface area contributed by atoms with Crippen LogP contribution in [0.4, 0.5) is 0 Å². The van der Waals surface area contributed by atoms with E-state index in [1.165, 1.54) is 12.8 Å². The molecule has 1 unspecified atom stereocenters. The highest BCUT2D eigenvalue weighted by molar-refractivity contribution is 5.80. The van der Waals surface area contributed by atoms with Crippen molar-refractivity contribution in [1.29, 1.82) is 0 Å². The van der Waals surface area contributed by atoms with Gasteiger partial charge in [0, 0.05) is 0 Å². The number of ether oxygens (including phenoxy) is 1. The molecular weight excluding hydrogens is 242 g/mol. The normalized spacial score (nSPS) is 17.8. The number of carboxylic acids is 1. The Morgan fingerprint density at radius 1 is 1.42 bits per heavy atom. The number of benzene rings is 1. The molecule has 0 amide bonds. The molecule has 4 heteroatoms. The van der Waals surface area contributed by atoms with Gasteiger partial charge >= 0.3 is 5.97 Å². The summed E-state index contributed by atoms with van der Waals surface area (Å²) >= 11 is 0. The van der Waals surface area contributed by atoms with Gasteiger partial charge in [-0.3, -0.25) is 5.32 Å². The fourth-order valence-corrected chi connectivity index (χ4v) is 2.30. The third kappa shape index (κ3) is 2.89. The number of rotatable bonds is 7. The largest absolute Gasteiger partial charge is 0.497 e. The fourth-order valence-electron chi connectivity index (χ4n) is 2.30. The number of hydrogen-bond donors (Lipinski definition) is 2. The van der Waals surface area contributed by atoms with E-state index in [4.69, 9.17) is 4.74 Å². The number of methoxy groups -OCH3 is 1. The summed E-state index contributed by atoms with van der Waals surface area (Å²) < 4.78 is 5.12. The Bertz CT molecular complexity index is 439. The molecule has 4 nitrogen and oxygen atoms in total. The predicted molar refractivity (Wildman–Crippen MR) is 73.3 cm³/mol. The minimum absolute atomic E-state index is 0.515. The van der Waals surface area contributed by atoms with E-state index in [2.05, 4.69) is 5.32 Å². The van der Waals surface area contributed by atoms with Crippen LogP contribution in [0.1, 0.15) is 31.7 Å². The van der Waals surface area contributed by atoms with Crippen LogP contribution in [0, 0.1) is 5.92 Å². The van der Waals surface area contributed by atoms with Crippen molar-refractivity contribution in [3.8, 4) is 5.75 Å². The maximum absolute atomic E-state index is 11.7. The number of hydrogen-bond acceptors (Lipinski definition) is 3. The van der Waals surface area contributed by atoms with Crippen LogP contribution in [0.25, 0.3) is 0 Å². The van der Waals surface area contributed by atoms with Crippen LogP contribution in [-0.2, 0) is 10.3 Å². The lowest BCUT2D eigenvalue weighted by atomic mass is 9.87. The number of carboxylic acid groups (broad SMARTS) is 1. The summed E-state index contributed by atoms with van der Waals surface area (Å²) in [5, 5.41) is 12.9. The lowest BCUT2D eigenvalue weighted by Gasteiger charge is -2.30. The molecule has 0 aromatic heterocycles. The average molecular weight is 263 g/mol. The molecule has 0 heterocycles. The van der Waals surface area contributed by atoms with E-state index in [0.717, 1.165) is 17.9 Å². The molecule has 104 valence electrons. The first-order valence-corrected chi connectivity index (χ1v) is 6.75. The molecule has 1 aliphatic rings. The van der Waals surface area contributed by atoms with Crippen molar-refractivity contribution >= 4 is 5.97 Å². The Balaban J connectivity index is 2.25. The molecule has 2 N–H and O–H groups in total. The van der Waals surface area contributed by atoms with Crippen molar-refractivity contribution in [2.75, 3.05) is 13.7 Å². The molecule has 1 aliphatic carbocycles. The van der Waals surface area contributed by atoms with Crippen LogP contribution >= 0.6 is 0 Å². The number of carbonyl (C=O) groups is 1. The van der Waals surface area contributed by atoms with Gasteiger partial charge in [-0.05, 0) is 49.4 Å². The van der Waals surface area contributed by atoms with Gasteiger partial charge in [0.15, 0.2) is 0 Å². The second-order valence-electron chi connectivity index (χ2n) is 5.12. The molecule has 1 aromatic rings. The molecule has 0 radical (unpaired) electrons. The molecule has 1 aromatic carbocycles. The second-order valence-corrected chi connectivity index (χ2v) is 5.12. The predicted octanol–water partition coefficient (Wildman–Crippen LogP) is 2.38. The minimum Gasteiger partial charge on any atom is -0.497 e. The summed E-state index contributed by atoms with van der Waals surface area (Å²) in [5.41, 5.74) is -0.210. The van der Waals surface area contributed by atoms with E-state index in [1.54, 1.807) is 7.11 Å². The Morgan fingerprint density at radius 2 is 2.05 bits per heavy atom. The summed E-state index contributed by atoms with van der Waals surface area (Å²) in [7, 11) is 1.60. The molecule has 1 fully saturated rings. The molecule has 0 aliphatic heterocycles. The van der Waals surface area contributed by atoms with Crippen LogP contribution in [0.2, 0.25) is 0 Å². The number of aliphatic carboxylic acids is 1. The Morgan fingerprint density at radius 3 is 2.47 bits per heavy atom. The van der Waals surface area contributed by atoms with Gasteiger partial charge in [0.2, 0.25) is 0 Å². The van der Waals surface area contributed by atoms with Gasteiger partial charge in [-0.1, -0.05) is 19.1 Å². The van der Waals surface area contributed by atoms with Crippen LogP contribution in [0.3, 0.4) is 0 Å². The quantitative estimate of drug-likeness (QED) is 0.793. The molecular formula is C15H21NO3. The minimum atomic E-state index is -0.991. The second kappa shape index (κ2) is 5.61. The van der Waals surface area contributed by atoms with Crippen molar-refractivity contribution in [2.24, 2.45) is 5.92 Å². The average Bonchev–Trinajstić information content (AvgIpc) is 3.24. The van der Waals surface area contributed by atoms with Crippen molar-refractivity contribution in [2.45, 2.75) is 31.7 Å². The summed E-state index contributed by atoms with van der Waals surface area (Å²) in [6.45, 7) is 2.67. The van der Waals surface area contributed by atoms with Gasteiger partial charge in [-0.2, -0.15) is 0 Å². The van der Waals surface area contributed by atoms with E-state index in [9.17, 15) is 9.90 Å². The molecule has 1 saturated carbocycles. The van der Waals surface area contributed by atoms with Crippen LogP contribution in [-0.4, -0.2) is 24.7 Å². The topological polar surface area (TPSA) is 58.6 Å². The van der Waals surface area contributed by atoms with Gasteiger partial charge in [0.1, 0.15) is 11.3 Å². The first kappa shape index (κ1) is 13.9. The van der Waals surface area contributed by atoms with Gasteiger partial charge < -0.3 is 9.84 Å². The lowest BCUT2D eigenvalue weighted by Crippen LogP contribution is -2.49. The van der Waals surface area contributed by atoms with E-state index in [-0.39, 0.29) is 0 Å². The number of nitrogens with one attached hydrogen (secondary N) is 1. The van der Waals surface area contributed by atoms with Gasteiger partial charge in [-0.15, -0.1) is 0 Å². The van der Waals surface area contributed by atoms with E-state index in [0.29, 0.717) is 12.3 Å². The standard InChI is InChI=1S/C15H21NO3/c1-3-15(14(17)18,16-10-11-4-5-11)12-6-8-13(19-2)9-7-12/h6-9,11,16H,3-5,10H2,1-2H3,(H,17,18). The van der Waals surface area contributed by atoms with Crippen LogP contribution in [0.15, 0.2) is 24.3 Å². The first-order valence-electron chi connectivity index (χ1n) is 6.75. The molecule has 0 saturated heterocycles. The molecule has 19 heavy (non-hydrogen) atoms. The third-order valence-corrected chi connectivity index (χ3v) is 3.87. The Hall–Kier alpha value is -1.55. The molecule has 0 spiro atoms.